The van der Waals surface area contributed by atoms with Crippen molar-refractivity contribution in [2.24, 2.45) is 14.1 Å². The van der Waals surface area contributed by atoms with Gasteiger partial charge in [0.1, 0.15) is 0 Å². The van der Waals surface area contributed by atoms with Crippen molar-refractivity contribution in [3.8, 4) is 22.3 Å². The smallest absolute Gasteiger partial charge is 0.0952 e. The molecule has 6 heterocycles. The fourth-order valence-corrected chi connectivity index (χ4v) is 10.8. The van der Waals surface area contributed by atoms with Gasteiger partial charge >= 0.3 is 0 Å². The van der Waals surface area contributed by atoms with Crippen LogP contribution in [0.5, 0.6) is 0 Å². The first-order valence-electron chi connectivity index (χ1n) is 22.2. The summed E-state index contributed by atoms with van der Waals surface area (Å²) >= 11 is 0. The first-order chi connectivity index (χ1) is 29.2. The molecule has 0 saturated carbocycles. The van der Waals surface area contributed by atoms with Gasteiger partial charge in [-0.1, -0.05) is 30.3 Å². The number of pyridine rings is 2. The Morgan fingerprint density at radius 2 is 1.03 bits per heavy atom. The number of nitrogens with one attached hydrogen (secondary N) is 2. The number of fused-ring (bicyclic) bond motifs is 4. The van der Waals surface area contributed by atoms with Gasteiger partial charge in [0.2, 0.25) is 0 Å². The molecule has 2 N–H and O–H groups in total. The number of benzene rings is 4. The predicted molar refractivity (Wildman–Crippen MR) is 260 cm³/mol. The molecule has 0 unspecified atom stereocenters. The highest BCUT2D eigenvalue weighted by Gasteiger charge is 2.39. The minimum absolute atomic E-state index is 0.0413. The number of rotatable bonds is 4. The predicted octanol–water partition coefficient (Wildman–Crippen LogP) is 12.2. The molecule has 8 aromatic rings. The normalized spacial score (nSPS) is 18.2. The fourth-order valence-electron chi connectivity index (χ4n) is 10.8. The Hall–Kier alpha value is -5.70. The van der Waals surface area contributed by atoms with Crippen LogP contribution in [0.25, 0.3) is 71.4 Å². The molecule has 0 amide bonds. The van der Waals surface area contributed by atoms with Crippen molar-refractivity contribution in [1.29, 1.82) is 0 Å². The lowest BCUT2D eigenvalue weighted by atomic mass is 9.74. The van der Waals surface area contributed by atoms with Crippen molar-refractivity contribution in [3.05, 3.63) is 126 Å². The Morgan fingerprint density at radius 1 is 0.532 bits per heavy atom. The van der Waals surface area contributed by atoms with Crippen LogP contribution in [0.15, 0.2) is 103 Å². The van der Waals surface area contributed by atoms with E-state index in [2.05, 4.69) is 193 Å². The maximum Gasteiger partial charge on any atom is 0.0952 e. The number of piperidine rings is 1. The molecule has 10 rings (SSSR count). The molecule has 2 aliphatic rings. The van der Waals surface area contributed by atoms with Gasteiger partial charge in [0, 0.05) is 81.8 Å². The van der Waals surface area contributed by atoms with Crippen molar-refractivity contribution in [2.45, 2.75) is 117 Å². The van der Waals surface area contributed by atoms with Gasteiger partial charge < -0.3 is 10.6 Å². The topological polar surface area (TPSA) is 85.5 Å². The largest absolute Gasteiger partial charge is 0.307 e. The van der Waals surface area contributed by atoms with Crippen LogP contribution in [0.3, 0.4) is 0 Å². The monoisotopic (exact) mass is 823 g/mol. The van der Waals surface area contributed by atoms with Crippen LogP contribution in [0.4, 0.5) is 0 Å². The van der Waals surface area contributed by atoms with E-state index in [9.17, 15) is 0 Å². The summed E-state index contributed by atoms with van der Waals surface area (Å²) in [5, 5.41) is 21.3. The highest BCUT2D eigenvalue weighted by atomic mass is 15.2. The van der Waals surface area contributed by atoms with Crippen LogP contribution in [-0.4, -0.2) is 51.7 Å². The van der Waals surface area contributed by atoms with Gasteiger partial charge in [0.25, 0.3) is 0 Å². The zero-order valence-corrected chi connectivity index (χ0v) is 38.7. The van der Waals surface area contributed by atoms with E-state index in [4.69, 9.17) is 9.97 Å². The number of hydrogen-bond donors (Lipinski definition) is 2. The second-order valence-corrected chi connectivity index (χ2v) is 20.9. The molecule has 2 aliphatic heterocycles. The van der Waals surface area contributed by atoms with Crippen molar-refractivity contribution in [3.63, 3.8) is 0 Å². The summed E-state index contributed by atoms with van der Waals surface area (Å²) < 4.78 is 3.77. The van der Waals surface area contributed by atoms with Crippen molar-refractivity contribution >= 4 is 49.2 Å². The third-order valence-electron chi connectivity index (χ3n) is 12.7. The van der Waals surface area contributed by atoms with E-state index in [1.807, 2.05) is 23.5 Å². The molecule has 0 aliphatic carbocycles. The van der Waals surface area contributed by atoms with Gasteiger partial charge in [-0.25, -0.2) is 4.98 Å². The Kier molecular flexibility index (Phi) is 10.1. The molecule has 8 heteroatoms. The third kappa shape index (κ3) is 8.55. The molecule has 0 radical (unpaired) electrons. The summed E-state index contributed by atoms with van der Waals surface area (Å²) in [6.45, 7) is 22.4. The Balaban J connectivity index is 0.000000158. The molecular formula is C54H62N8. The first kappa shape index (κ1) is 41.6. The molecule has 4 aromatic heterocycles. The van der Waals surface area contributed by atoms with E-state index in [-0.39, 0.29) is 22.2 Å². The Labute approximate surface area is 366 Å². The molecule has 62 heavy (non-hydrogen) atoms. The number of nitrogens with zero attached hydrogens (tertiary/aromatic N) is 6. The molecule has 0 atom stereocenters. The lowest BCUT2D eigenvalue weighted by molar-refractivity contribution is 0.160. The lowest BCUT2D eigenvalue weighted by Gasteiger charge is -2.46. The summed E-state index contributed by atoms with van der Waals surface area (Å²) in [4.78, 5) is 10.1. The summed E-state index contributed by atoms with van der Waals surface area (Å²) in [5.74, 6) is 0.478. The minimum Gasteiger partial charge on any atom is -0.307 e. The quantitative estimate of drug-likeness (QED) is 0.184. The van der Waals surface area contributed by atoms with Gasteiger partial charge in [0.15, 0.2) is 0 Å². The van der Waals surface area contributed by atoms with Gasteiger partial charge in [-0.15, -0.1) is 0 Å². The van der Waals surface area contributed by atoms with Crippen LogP contribution in [-0.2, 0) is 14.1 Å². The molecular weight excluding hydrogens is 761 g/mol. The van der Waals surface area contributed by atoms with Gasteiger partial charge in [-0.05, 0) is 188 Å². The standard InChI is InChI=1S/C27H32N4.C27H30N4/c2*1-17-11-20(13-21-16-31(6)29-25(17)21)18-7-9-23-19(12-18)8-10-24(28-23)22-14-26(2,3)30-27(4,5)15-22/h7-13,16,22,30H,14-15H2,1-6H3;7-14,16,30H,15H2,1-6H3. The van der Waals surface area contributed by atoms with E-state index in [0.717, 1.165) is 47.0 Å². The second-order valence-electron chi connectivity index (χ2n) is 20.9. The van der Waals surface area contributed by atoms with Gasteiger partial charge in [-0.3, -0.25) is 14.3 Å². The average Bonchev–Trinajstić information content (AvgIpc) is 3.76. The second kappa shape index (κ2) is 15.0. The minimum atomic E-state index is -0.0413. The van der Waals surface area contributed by atoms with Crippen LogP contribution >= 0.6 is 0 Å². The zero-order valence-electron chi connectivity index (χ0n) is 38.7. The number of hydrogen-bond acceptors (Lipinski definition) is 6. The highest BCUT2D eigenvalue weighted by Crippen LogP contribution is 2.40. The fraction of sp³-hybridized carbons (Fsp3) is 0.370. The maximum atomic E-state index is 5.09. The summed E-state index contributed by atoms with van der Waals surface area (Å²) in [7, 11) is 3.95. The average molecular weight is 823 g/mol. The highest BCUT2D eigenvalue weighted by molar-refractivity contribution is 5.92. The van der Waals surface area contributed by atoms with Crippen LogP contribution in [0.2, 0.25) is 0 Å². The molecule has 0 bridgehead atoms. The molecule has 4 aromatic carbocycles. The zero-order chi connectivity index (χ0) is 43.9. The van der Waals surface area contributed by atoms with Crippen molar-refractivity contribution in [2.75, 3.05) is 0 Å². The van der Waals surface area contributed by atoms with Gasteiger partial charge in [-0.2, -0.15) is 10.2 Å². The SMILES string of the molecule is Cc1cc(-c2ccc3nc(C4=CC(C)(C)NC(C)(C)C4)ccc3c2)cc2cn(C)nc12.Cc1cc(-c2ccc3nc(C4CC(C)(C)NC(C)(C)C4)ccc3c2)cc2cn(C)nc12. The first-order valence-corrected chi connectivity index (χ1v) is 22.2. The third-order valence-corrected chi connectivity index (χ3v) is 12.7. The van der Waals surface area contributed by atoms with E-state index in [0.29, 0.717) is 5.92 Å². The molecule has 0 spiro atoms. The van der Waals surface area contributed by atoms with E-state index in [1.54, 1.807) is 0 Å². The van der Waals surface area contributed by atoms with Crippen molar-refractivity contribution in [1.82, 2.24) is 40.2 Å². The molecule has 1 fully saturated rings. The van der Waals surface area contributed by atoms with Gasteiger partial charge in [0.05, 0.1) is 27.8 Å². The van der Waals surface area contributed by atoms with Crippen molar-refractivity contribution < 1.29 is 0 Å². The van der Waals surface area contributed by atoms with Crippen LogP contribution in [0.1, 0.15) is 103 Å². The lowest BCUT2D eigenvalue weighted by Crippen LogP contribution is -2.57. The summed E-state index contributed by atoms with van der Waals surface area (Å²) in [6.07, 6.45) is 9.68. The molecule has 1 saturated heterocycles. The Bertz CT molecular complexity index is 3050. The molecule has 8 nitrogen and oxygen atoms in total. The summed E-state index contributed by atoms with van der Waals surface area (Å²) in [6, 6.07) is 31.0. The van der Waals surface area contributed by atoms with E-state index >= 15 is 0 Å². The molecule has 318 valence electrons. The Morgan fingerprint density at radius 3 is 1.56 bits per heavy atom. The van der Waals surface area contributed by atoms with Crippen LogP contribution < -0.4 is 10.6 Å². The van der Waals surface area contributed by atoms with E-state index in [1.165, 1.54) is 66.2 Å². The number of aromatic nitrogens is 6. The van der Waals surface area contributed by atoms with E-state index < -0.39 is 0 Å². The maximum absolute atomic E-state index is 5.09. The number of aryl methyl sites for hydroxylation is 4. The van der Waals surface area contributed by atoms with Crippen LogP contribution in [0, 0.1) is 13.8 Å². The summed E-state index contributed by atoms with van der Waals surface area (Å²) in [5.41, 5.74) is 15.4.